The molecule has 3 saturated carbocycles. The van der Waals surface area contributed by atoms with Gasteiger partial charge in [0.1, 0.15) is 17.8 Å². The topological polar surface area (TPSA) is 160 Å². The number of hydrogen-bond acceptors (Lipinski definition) is 10. The number of ether oxygens (including phenoxy) is 3. The lowest BCUT2D eigenvalue weighted by atomic mass is 9.51. The van der Waals surface area contributed by atoms with Crippen molar-refractivity contribution in [1.82, 2.24) is 0 Å². The molecule has 10 heteroatoms. The van der Waals surface area contributed by atoms with Crippen molar-refractivity contribution < 1.29 is 49.0 Å². The molecule has 0 radical (unpaired) electrons. The Hall–Kier alpha value is -1.59. The highest BCUT2D eigenvalue weighted by molar-refractivity contribution is 5.97. The van der Waals surface area contributed by atoms with Gasteiger partial charge in [0.15, 0.2) is 18.0 Å². The minimum atomic E-state index is -1.92. The van der Waals surface area contributed by atoms with Crippen molar-refractivity contribution >= 4 is 17.7 Å². The maximum absolute atomic E-state index is 13.5. The van der Waals surface area contributed by atoms with E-state index >= 15 is 0 Å². The van der Waals surface area contributed by atoms with Crippen molar-refractivity contribution in [2.75, 3.05) is 0 Å². The summed E-state index contributed by atoms with van der Waals surface area (Å²) in [7, 11) is 0. The lowest BCUT2D eigenvalue weighted by molar-refractivity contribution is -0.205. The molecule has 164 valence electrons. The SMILES string of the molecule is CC(C)(C)[C@@H]1[C@@H](O)[C@H]2CC(=O)[C@@]34O[C@H]5OC(=O)[C@H](O)C51C23[C@H](O)[C@@H]1OC(=O)[C@@H](O)[C@@H]14. The molecular formula is C20H24O10. The average Bonchev–Trinajstić information content (AvgIpc) is 3.34. The van der Waals surface area contributed by atoms with E-state index in [-0.39, 0.29) is 6.42 Å². The van der Waals surface area contributed by atoms with Gasteiger partial charge in [0, 0.05) is 18.3 Å². The number of fused-ring (bicyclic) bond motifs is 1. The van der Waals surface area contributed by atoms with E-state index < -0.39 is 94.1 Å². The summed E-state index contributed by atoms with van der Waals surface area (Å²) < 4.78 is 16.8. The summed E-state index contributed by atoms with van der Waals surface area (Å²) in [4.78, 5) is 38.1. The molecule has 3 heterocycles. The first-order chi connectivity index (χ1) is 13.9. The fraction of sp³-hybridized carbons (Fsp3) is 0.850. The van der Waals surface area contributed by atoms with E-state index in [0.29, 0.717) is 0 Å². The van der Waals surface area contributed by atoms with Gasteiger partial charge in [-0.3, -0.25) is 4.79 Å². The first-order valence-corrected chi connectivity index (χ1v) is 10.2. The molecule has 6 aliphatic rings. The second-order valence-electron chi connectivity index (χ2n) is 10.7. The maximum atomic E-state index is 13.5. The molecule has 2 spiro atoms. The van der Waals surface area contributed by atoms with Crippen LogP contribution >= 0.6 is 0 Å². The van der Waals surface area contributed by atoms with Gasteiger partial charge in [-0.1, -0.05) is 20.8 Å². The molecule has 30 heavy (non-hydrogen) atoms. The standard InChI is InChI=1S/C20H24O10/c1-17(2,3)11-8(22)5-4-6(21)20-7-9(23)14(26)28-10(7)12(24)19(5,20)18(11)13(25)15(27)29-16(18)30-20/h5,7-13,16,22-25H,4H2,1-3H3/t5-,7+,8+,9+,10-,11+,12-,13+,16-,18?,19?,20+/m1/s1. The van der Waals surface area contributed by atoms with Crippen LogP contribution in [0.2, 0.25) is 0 Å². The highest BCUT2D eigenvalue weighted by Crippen LogP contribution is 2.85. The smallest absolute Gasteiger partial charge is 0.338 e. The van der Waals surface area contributed by atoms with Crippen LogP contribution in [0.1, 0.15) is 27.2 Å². The fourth-order valence-corrected chi connectivity index (χ4v) is 8.65. The van der Waals surface area contributed by atoms with Gasteiger partial charge in [0.2, 0.25) is 6.29 Å². The Balaban J connectivity index is 1.71. The van der Waals surface area contributed by atoms with Gasteiger partial charge < -0.3 is 34.6 Å². The zero-order valence-electron chi connectivity index (χ0n) is 16.6. The molecule has 0 aromatic heterocycles. The third-order valence-electron chi connectivity index (χ3n) is 8.95. The molecule has 3 saturated heterocycles. The molecule has 3 aliphatic heterocycles. The van der Waals surface area contributed by atoms with Crippen LogP contribution in [0.4, 0.5) is 0 Å². The normalized spacial score (nSPS) is 60.4. The summed E-state index contributed by atoms with van der Waals surface area (Å²) in [5, 5.41) is 44.9. The van der Waals surface area contributed by atoms with Gasteiger partial charge in [0.25, 0.3) is 0 Å². The third-order valence-corrected chi connectivity index (χ3v) is 8.95. The fourth-order valence-electron chi connectivity index (χ4n) is 8.65. The van der Waals surface area contributed by atoms with Crippen LogP contribution in [0.15, 0.2) is 0 Å². The molecule has 0 amide bonds. The van der Waals surface area contributed by atoms with Crippen LogP contribution in [-0.2, 0) is 28.6 Å². The number of rotatable bonds is 0. The molecule has 12 atom stereocenters. The number of carbonyl (C=O) groups excluding carboxylic acids is 3. The first kappa shape index (κ1) is 19.1. The first-order valence-electron chi connectivity index (χ1n) is 10.2. The highest BCUT2D eigenvalue weighted by atomic mass is 16.7. The Labute approximate surface area is 171 Å². The van der Waals surface area contributed by atoms with E-state index in [1.165, 1.54) is 0 Å². The molecule has 4 N–H and O–H groups in total. The Morgan fingerprint density at radius 3 is 2.30 bits per heavy atom. The van der Waals surface area contributed by atoms with Crippen LogP contribution in [0.25, 0.3) is 0 Å². The second-order valence-corrected chi connectivity index (χ2v) is 10.7. The van der Waals surface area contributed by atoms with E-state index in [1.807, 2.05) is 20.8 Å². The van der Waals surface area contributed by atoms with Gasteiger partial charge in [-0.05, 0) is 5.41 Å². The number of hydrogen-bond donors (Lipinski definition) is 4. The van der Waals surface area contributed by atoms with E-state index in [0.717, 1.165) is 0 Å². The summed E-state index contributed by atoms with van der Waals surface area (Å²) >= 11 is 0. The van der Waals surface area contributed by atoms with Crippen LogP contribution in [-0.4, -0.2) is 80.6 Å². The van der Waals surface area contributed by atoms with E-state index in [9.17, 15) is 34.8 Å². The summed E-state index contributed by atoms with van der Waals surface area (Å²) in [5.41, 5.74) is -5.89. The quantitative estimate of drug-likeness (QED) is 0.316. The van der Waals surface area contributed by atoms with Crippen molar-refractivity contribution in [3.63, 3.8) is 0 Å². The number of Topliss-reactive ketones (excluding diaryl/α,β-unsaturated/α-hetero) is 1. The Morgan fingerprint density at radius 1 is 1.00 bits per heavy atom. The predicted octanol–water partition coefficient (Wildman–Crippen LogP) is -2.13. The molecule has 0 bridgehead atoms. The minimum absolute atomic E-state index is 0.176. The van der Waals surface area contributed by atoms with Crippen LogP contribution < -0.4 is 0 Å². The van der Waals surface area contributed by atoms with Crippen molar-refractivity contribution in [3.8, 4) is 0 Å². The molecule has 10 nitrogen and oxygen atoms in total. The number of aliphatic hydroxyl groups is 4. The molecule has 6 fully saturated rings. The molecule has 2 unspecified atom stereocenters. The average molecular weight is 424 g/mol. The predicted molar refractivity (Wildman–Crippen MR) is 92.0 cm³/mol. The molecule has 0 aromatic carbocycles. The summed E-state index contributed by atoms with van der Waals surface area (Å²) in [6.45, 7) is 5.50. The Morgan fingerprint density at radius 2 is 1.67 bits per heavy atom. The third kappa shape index (κ3) is 1.42. The zero-order valence-corrected chi connectivity index (χ0v) is 16.6. The van der Waals surface area contributed by atoms with Gasteiger partial charge in [-0.25, -0.2) is 9.59 Å². The van der Waals surface area contributed by atoms with Crippen LogP contribution in [0.5, 0.6) is 0 Å². The maximum Gasteiger partial charge on any atom is 0.338 e. The van der Waals surface area contributed by atoms with Crippen LogP contribution in [0.3, 0.4) is 0 Å². The van der Waals surface area contributed by atoms with E-state index in [2.05, 4.69) is 0 Å². The number of ketones is 1. The Bertz CT molecular complexity index is 910. The van der Waals surface area contributed by atoms with Gasteiger partial charge in [0.05, 0.1) is 22.9 Å². The summed E-state index contributed by atoms with van der Waals surface area (Å²) in [5.74, 6) is -5.29. The zero-order chi connectivity index (χ0) is 21.8. The second kappa shape index (κ2) is 4.91. The summed E-state index contributed by atoms with van der Waals surface area (Å²) in [6.07, 6.45) is -9.03. The number of aliphatic hydroxyl groups excluding tert-OH is 4. The monoisotopic (exact) mass is 424 g/mol. The minimum Gasteiger partial charge on any atom is -0.457 e. The molecule has 0 aromatic rings. The molecule has 6 rings (SSSR count). The van der Waals surface area contributed by atoms with Crippen molar-refractivity contribution in [1.29, 1.82) is 0 Å². The Kier molecular flexibility index (Phi) is 3.13. The molecule has 3 aliphatic carbocycles. The molecular weight excluding hydrogens is 400 g/mol. The van der Waals surface area contributed by atoms with Gasteiger partial charge in [-0.15, -0.1) is 0 Å². The van der Waals surface area contributed by atoms with E-state index in [1.54, 1.807) is 0 Å². The van der Waals surface area contributed by atoms with E-state index in [4.69, 9.17) is 14.2 Å². The van der Waals surface area contributed by atoms with Gasteiger partial charge in [-0.2, -0.15) is 0 Å². The largest absolute Gasteiger partial charge is 0.457 e. The number of esters is 2. The van der Waals surface area contributed by atoms with Crippen molar-refractivity contribution in [2.45, 2.75) is 69.6 Å². The summed E-state index contributed by atoms with van der Waals surface area (Å²) in [6, 6.07) is 0. The highest BCUT2D eigenvalue weighted by Gasteiger charge is 3.00. The van der Waals surface area contributed by atoms with Crippen LogP contribution in [0, 0.1) is 34.0 Å². The van der Waals surface area contributed by atoms with Crippen molar-refractivity contribution in [3.05, 3.63) is 0 Å². The van der Waals surface area contributed by atoms with Crippen molar-refractivity contribution in [2.24, 2.45) is 34.0 Å². The van der Waals surface area contributed by atoms with Gasteiger partial charge >= 0.3 is 11.9 Å². The lowest BCUT2D eigenvalue weighted by Gasteiger charge is -2.48. The number of carbonyl (C=O) groups is 3. The lowest BCUT2D eigenvalue weighted by Crippen LogP contribution is -2.62.